The van der Waals surface area contributed by atoms with Crippen molar-refractivity contribution < 1.29 is 17.0 Å². The minimum absolute atomic E-state index is 0. The van der Waals surface area contributed by atoms with E-state index in [4.69, 9.17) is 0 Å². The second-order valence-corrected chi connectivity index (χ2v) is 3.46. The summed E-state index contributed by atoms with van der Waals surface area (Å²) in [7, 11) is 0. The largest absolute Gasteiger partial charge is 2.00 e. The number of halogens is 1. The van der Waals surface area contributed by atoms with Crippen LogP contribution >= 0.6 is 0 Å². The molecule has 3 aromatic rings. The first-order chi connectivity index (χ1) is 6.93. The number of benzene rings is 3. The van der Waals surface area contributed by atoms with Gasteiger partial charge in [-0.25, -0.2) is 0 Å². The maximum Gasteiger partial charge on any atom is 2.00 e. The van der Waals surface area contributed by atoms with Gasteiger partial charge in [-0.15, -0.1) is 41.1 Å². The van der Waals surface area contributed by atoms with Crippen molar-refractivity contribution in [2.75, 3.05) is 0 Å². The van der Waals surface area contributed by atoms with Crippen LogP contribution in [0.5, 0.6) is 0 Å². The molecule has 2 heteroatoms. The second-order valence-electron chi connectivity index (χ2n) is 3.46. The minimum Gasteiger partial charge on any atom is -1.00 e. The van der Waals surface area contributed by atoms with E-state index in [9.17, 15) is 0 Å². The van der Waals surface area contributed by atoms with Crippen molar-refractivity contribution in [1.82, 2.24) is 0 Å². The van der Waals surface area contributed by atoms with E-state index in [1.807, 2.05) is 12.1 Å². The zero-order valence-corrected chi connectivity index (χ0v) is 11.8. The van der Waals surface area contributed by atoms with Crippen LogP contribution in [0.15, 0.2) is 54.6 Å². The second kappa shape index (κ2) is 5.66. The minimum atomic E-state index is 0. The number of fused-ring (bicyclic) bond motifs is 2. The average Bonchev–Trinajstić information content (AvgIpc) is 2.26. The first-order valence-corrected chi connectivity index (χ1v) is 4.73. The maximum absolute atomic E-state index is 3.24. The van der Waals surface area contributed by atoms with Crippen molar-refractivity contribution in [2.45, 2.75) is 0 Å². The maximum atomic E-state index is 3.24. The van der Waals surface area contributed by atoms with Gasteiger partial charge in [-0.2, -0.15) is 0 Å². The van der Waals surface area contributed by atoms with Crippen molar-refractivity contribution in [3.05, 3.63) is 60.7 Å². The summed E-state index contributed by atoms with van der Waals surface area (Å²) >= 11 is 0. The average molecular weight is 281 g/mol. The van der Waals surface area contributed by atoms with E-state index in [0.29, 0.717) is 0 Å². The summed E-state index contributed by atoms with van der Waals surface area (Å²) in [5, 5.41) is 5.01. The van der Waals surface area contributed by atoms with Crippen molar-refractivity contribution in [1.29, 1.82) is 0 Å². The van der Waals surface area contributed by atoms with Crippen LogP contribution in [0.2, 0.25) is 0 Å². The van der Waals surface area contributed by atoms with Gasteiger partial charge in [0.15, 0.2) is 0 Å². The van der Waals surface area contributed by atoms with Gasteiger partial charge in [-0.05, 0) is 5.39 Å². The van der Waals surface area contributed by atoms with Gasteiger partial charge in [-0.1, -0.05) is 35.7 Å². The third-order valence-corrected chi connectivity index (χ3v) is 2.53. The third-order valence-electron chi connectivity index (χ3n) is 2.53. The van der Waals surface area contributed by atoms with E-state index in [1.165, 1.54) is 21.5 Å². The zero-order chi connectivity index (χ0) is 9.38. The molecular formula is C14H9BrMg. The number of hydrogen-bond donors (Lipinski definition) is 0. The van der Waals surface area contributed by atoms with Crippen LogP contribution in [0, 0.1) is 6.07 Å². The Kier molecular flexibility index (Phi) is 4.78. The molecule has 0 aliphatic carbocycles. The molecule has 0 spiro atoms. The molecule has 0 fully saturated rings. The molecule has 0 nitrogen and oxygen atoms in total. The Bertz CT molecular complexity index is 499. The van der Waals surface area contributed by atoms with Crippen LogP contribution in [0.25, 0.3) is 21.5 Å². The standard InChI is InChI=1S/C14H9.BrH.Mg/c1-2-6-12-10-14-8-4-3-7-13(14)9-11(12)5-1;;/h1-7,9-10H;1H;/q-1;;+2/p-1. The molecule has 0 aromatic heterocycles. The molecule has 3 aromatic carbocycles. The molecule has 0 heterocycles. The van der Waals surface area contributed by atoms with E-state index in [-0.39, 0.29) is 40.0 Å². The van der Waals surface area contributed by atoms with E-state index in [2.05, 4.69) is 48.5 Å². The molecule has 0 aliphatic rings. The summed E-state index contributed by atoms with van der Waals surface area (Å²) in [6.45, 7) is 0. The third kappa shape index (κ3) is 2.39. The van der Waals surface area contributed by atoms with Crippen molar-refractivity contribution >= 4 is 44.6 Å². The van der Waals surface area contributed by atoms with E-state index >= 15 is 0 Å². The van der Waals surface area contributed by atoms with Gasteiger partial charge in [0, 0.05) is 0 Å². The molecule has 0 saturated heterocycles. The van der Waals surface area contributed by atoms with Gasteiger partial charge >= 0.3 is 23.1 Å². The summed E-state index contributed by atoms with van der Waals surface area (Å²) in [6.07, 6.45) is 0. The van der Waals surface area contributed by atoms with Gasteiger partial charge < -0.3 is 17.0 Å². The van der Waals surface area contributed by atoms with Crippen molar-refractivity contribution in [3.63, 3.8) is 0 Å². The van der Waals surface area contributed by atoms with Gasteiger partial charge in [0.25, 0.3) is 0 Å². The Morgan fingerprint density at radius 2 is 1.38 bits per heavy atom. The van der Waals surface area contributed by atoms with E-state index in [1.54, 1.807) is 0 Å². The fourth-order valence-corrected chi connectivity index (χ4v) is 1.81. The van der Waals surface area contributed by atoms with E-state index in [0.717, 1.165) is 0 Å². The van der Waals surface area contributed by atoms with Gasteiger partial charge in [-0.3, -0.25) is 0 Å². The molecule has 0 N–H and O–H groups in total. The molecule has 16 heavy (non-hydrogen) atoms. The fourth-order valence-electron chi connectivity index (χ4n) is 1.81. The van der Waals surface area contributed by atoms with Gasteiger partial charge in [0.05, 0.1) is 0 Å². The monoisotopic (exact) mass is 280 g/mol. The molecule has 74 valence electrons. The summed E-state index contributed by atoms with van der Waals surface area (Å²) in [5.41, 5.74) is 0. The Balaban J connectivity index is 0.000000640. The van der Waals surface area contributed by atoms with Crippen molar-refractivity contribution in [2.24, 2.45) is 0 Å². The van der Waals surface area contributed by atoms with Crippen molar-refractivity contribution in [3.8, 4) is 0 Å². The topological polar surface area (TPSA) is 0 Å². The predicted molar refractivity (Wildman–Crippen MR) is 66.0 cm³/mol. The molecule has 0 saturated carbocycles. The molecule has 3 rings (SSSR count). The zero-order valence-electron chi connectivity index (χ0n) is 8.78. The summed E-state index contributed by atoms with van der Waals surface area (Å²) < 4.78 is 0. The normalized spacial score (nSPS) is 9.50. The van der Waals surface area contributed by atoms with Crippen LogP contribution in [0.4, 0.5) is 0 Å². The summed E-state index contributed by atoms with van der Waals surface area (Å²) in [6, 6.07) is 22.2. The van der Waals surface area contributed by atoms with Crippen LogP contribution in [0.3, 0.4) is 0 Å². The number of hydrogen-bond acceptors (Lipinski definition) is 0. The SMILES string of the molecule is [Br-].[Mg+2].[c-]1cccc2cc3ccccc3cc12. The van der Waals surface area contributed by atoms with E-state index < -0.39 is 0 Å². The number of rotatable bonds is 0. The van der Waals surface area contributed by atoms with Gasteiger partial charge in [0.2, 0.25) is 0 Å². The van der Waals surface area contributed by atoms with Gasteiger partial charge in [0.1, 0.15) is 0 Å². The Morgan fingerprint density at radius 1 is 0.750 bits per heavy atom. The molecular weight excluding hydrogens is 272 g/mol. The molecule has 0 aliphatic heterocycles. The molecule has 0 atom stereocenters. The molecule has 0 amide bonds. The Hall–Kier alpha value is -0.574. The first kappa shape index (κ1) is 13.5. The van der Waals surface area contributed by atoms with Crippen LogP contribution in [-0.4, -0.2) is 23.1 Å². The Labute approximate surface area is 122 Å². The predicted octanol–water partition coefficient (Wildman–Crippen LogP) is 0.416. The summed E-state index contributed by atoms with van der Waals surface area (Å²) in [5.74, 6) is 0. The van der Waals surface area contributed by atoms with Crippen LogP contribution in [-0.2, 0) is 0 Å². The Morgan fingerprint density at radius 3 is 2.12 bits per heavy atom. The first-order valence-electron chi connectivity index (χ1n) is 4.73. The smallest absolute Gasteiger partial charge is 1.00 e. The molecule has 0 radical (unpaired) electrons. The molecule has 0 unspecified atom stereocenters. The quantitative estimate of drug-likeness (QED) is 0.318. The van der Waals surface area contributed by atoms with Crippen LogP contribution in [0.1, 0.15) is 0 Å². The fraction of sp³-hybridized carbons (Fsp3) is 0. The molecule has 0 bridgehead atoms. The summed E-state index contributed by atoms with van der Waals surface area (Å²) in [4.78, 5) is 0. The van der Waals surface area contributed by atoms with Crippen LogP contribution < -0.4 is 17.0 Å².